The second-order valence-corrected chi connectivity index (χ2v) is 9.74. The van der Waals surface area contributed by atoms with Gasteiger partial charge in [-0.1, -0.05) is 63.9 Å². The van der Waals surface area contributed by atoms with Crippen LogP contribution in [0.2, 0.25) is 0 Å². The van der Waals surface area contributed by atoms with Gasteiger partial charge in [0.1, 0.15) is 11.7 Å². The number of nitrogens with one attached hydrogen (secondary N) is 3. The van der Waals surface area contributed by atoms with Crippen molar-refractivity contribution >= 4 is 17.6 Å². The van der Waals surface area contributed by atoms with Gasteiger partial charge in [0.2, 0.25) is 5.91 Å². The maximum Gasteiger partial charge on any atom is 0.268 e. The van der Waals surface area contributed by atoms with Crippen molar-refractivity contribution in [3.8, 4) is 0 Å². The van der Waals surface area contributed by atoms with Crippen LogP contribution < -0.4 is 10.6 Å². The van der Waals surface area contributed by atoms with E-state index in [1.807, 2.05) is 51.1 Å². The van der Waals surface area contributed by atoms with E-state index in [1.165, 1.54) is 0 Å². The molecule has 4 N–H and O–H groups in total. The van der Waals surface area contributed by atoms with Crippen LogP contribution in [0.1, 0.15) is 90.2 Å². The molecule has 1 aromatic carbocycles. The van der Waals surface area contributed by atoms with Crippen molar-refractivity contribution in [1.82, 2.24) is 15.6 Å². The van der Waals surface area contributed by atoms with E-state index in [4.69, 9.17) is 0 Å². The molecule has 178 valence electrons. The van der Waals surface area contributed by atoms with Crippen LogP contribution in [0.15, 0.2) is 30.3 Å². The number of Topliss-reactive ketones (excluding diaryl/α,β-unsaturated/α-hetero) is 1. The molecule has 0 aliphatic heterocycles. The number of benzene rings is 1. The van der Waals surface area contributed by atoms with Crippen LogP contribution in [0.3, 0.4) is 0 Å². The highest BCUT2D eigenvalue weighted by atomic mass is 16.3. The monoisotopic (exact) mass is 453 g/mol. The summed E-state index contributed by atoms with van der Waals surface area (Å²) < 4.78 is 0. The third-order valence-corrected chi connectivity index (χ3v) is 6.30. The van der Waals surface area contributed by atoms with Crippen molar-refractivity contribution in [2.24, 2.45) is 5.41 Å². The Morgan fingerprint density at radius 2 is 1.85 bits per heavy atom. The van der Waals surface area contributed by atoms with Crippen molar-refractivity contribution in [3.05, 3.63) is 58.4 Å². The van der Waals surface area contributed by atoms with Gasteiger partial charge in [-0.15, -0.1) is 0 Å². The molecule has 0 fully saturated rings. The molecule has 0 saturated heterocycles. The minimum atomic E-state index is -0.748. The Morgan fingerprint density at radius 3 is 2.48 bits per heavy atom. The summed E-state index contributed by atoms with van der Waals surface area (Å²) in [5.74, 6) is -0.696. The lowest BCUT2D eigenvalue weighted by Gasteiger charge is -2.28. The Hall–Kier alpha value is -2.93. The number of unbranched alkanes of at least 4 members (excludes halogenated alkanes) is 1. The lowest BCUT2D eigenvalue weighted by molar-refractivity contribution is -0.124. The van der Waals surface area contributed by atoms with Gasteiger partial charge in [-0.25, -0.2) is 0 Å². The molecule has 7 nitrogen and oxygen atoms in total. The van der Waals surface area contributed by atoms with Crippen LogP contribution >= 0.6 is 0 Å². The van der Waals surface area contributed by atoms with Gasteiger partial charge in [-0.05, 0) is 36.3 Å². The SMILES string of the molecule is CCCC[C@H](NC(=O)c1[nH]c2c(c1C)C(=O)CC(C)(C)C2)C(=O)N[C@@H](CO)c1ccccc1. The third-order valence-electron chi connectivity index (χ3n) is 6.30. The maximum atomic E-state index is 13.2. The topological polar surface area (TPSA) is 111 Å². The first-order chi connectivity index (χ1) is 15.7. The first-order valence-corrected chi connectivity index (χ1v) is 11.7. The molecule has 2 aromatic rings. The molecule has 0 unspecified atom stereocenters. The van der Waals surface area contributed by atoms with Crippen molar-refractivity contribution in [2.75, 3.05) is 6.61 Å². The largest absolute Gasteiger partial charge is 0.394 e. The molecule has 1 aliphatic carbocycles. The first-order valence-electron chi connectivity index (χ1n) is 11.7. The fourth-order valence-electron chi connectivity index (χ4n) is 4.56. The summed E-state index contributed by atoms with van der Waals surface area (Å²) >= 11 is 0. The van der Waals surface area contributed by atoms with Gasteiger partial charge in [-0.2, -0.15) is 0 Å². The second kappa shape index (κ2) is 10.3. The van der Waals surface area contributed by atoms with Crippen LogP contribution in [0, 0.1) is 12.3 Å². The number of carbonyl (C=O) groups is 3. The molecule has 3 rings (SSSR count). The summed E-state index contributed by atoms with van der Waals surface area (Å²) in [6.07, 6.45) is 3.26. The van der Waals surface area contributed by atoms with E-state index < -0.39 is 18.0 Å². The lowest BCUT2D eigenvalue weighted by Crippen LogP contribution is -2.48. The first kappa shape index (κ1) is 24.7. The average molecular weight is 454 g/mol. The molecule has 0 radical (unpaired) electrons. The fraction of sp³-hybridized carbons (Fsp3) is 0.500. The minimum Gasteiger partial charge on any atom is -0.394 e. The number of ketones is 1. The molecular weight excluding hydrogens is 418 g/mol. The van der Waals surface area contributed by atoms with Crippen LogP contribution in [0.5, 0.6) is 0 Å². The molecule has 1 heterocycles. The van der Waals surface area contributed by atoms with E-state index in [2.05, 4.69) is 15.6 Å². The van der Waals surface area contributed by atoms with E-state index in [9.17, 15) is 19.5 Å². The number of carbonyl (C=O) groups excluding carboxylic acids is 3. The van der Waals surface area contributed by atoms with Crippen LogP contribution in [0.4, 0.5) is 0 Å². The van der Waals surface area contributed by atoms with Gasteiger partial charge in [-0.3, -0.25) is 14.4 Å². The fourth-order valence-corrected chi connectivity index (χ4v) is 4.56. The summed E-state index contributed by atoms with van der Waals surface area (Å²) in [4.78, 5) is 42.1. The molecule has 0 saturated carbocycles. The number of aromatic amines is 1. The van der Waals surface area contributed by atoms with E-state index in [1.54, 1.807) is 6.92 Å². The Bertz CT molecular complexity index is 1010. The maximum absolute atomic E-state index is 13.2. The second-order valence-electron chi connectivity index (χ2n) is 9.74. The van der Waals surface area contributed by atoms with Gasteiger partial charge < -0.3 is 20.7 Å². The molecule has 2 atom stereocenters. The highest BCUT2D eigenvalue weighted by Gasteiger charge is 2.35. The number of fused-ring (bicyclic) bond motifs is 1. The zero-order valence-electron chi connectivity index (χ0n) is 20.0. The minimum absolute atomic E-state index is 0.0444. The van der Waals surface area contributed by atoms with Gasteiger partial charge in [0.15, 0.2) is 5.78 Å². The Labute approximate surface area is 195 Å². The molecule has 33 heavy (non-hydrogen) atoms. The van der Waals surface area contributed by atoms with Gasteiger partial charge in [0.05, 0.1) is 12.6 Å². The number of aromatic nitrogens is 1. The molecule has 1 aromatic heterocycles. The number of aliphatic hydroxyl groups excluding tert-OH is 1. The van der Waals surface area contributed by atoms with Crippen LogP contribution in [0.25, 0.3) is 0 Å². The zero-order chi connectivity index (χ0) is 24.2. The quantitative estimate of drug-likeness (QED) is 0.465. The predicted octanol–water partition coefficient (Wildman–Crippen LogP) is 3.62. The molecule has 7 heteroatoms. The molecule has 0 spiro atoms. The number of H-pyrrole nitrogens is 1. The van der Waals surface area contributed by atoms with Gasteiger partial charge in [0.25, 0.3) is 5.91 Å². The smallest absolute Gasteiger partial charge is 0.268 e. The Balaban J connectivity index is 1.78. The van der Waals surface area contributed by atoms with Crippen molar-refractivity contribution in [1.29, 1.82) is 0 Å². The number of hydrogen-bond donors (Lipinski definition) is 4. The summed E-state index contributed by atoms with van der Waals surface area (Å²) in [6.45, 7) is 7.63. The number of hydrogen-bond acceptors (Lipinski definition) is 4. The van der Waals surface area contributed by atoms with Gasteiger partial charge >= 0.3 is 0 Å². The lowest BCUT2D eigenvalue weighted by atomic mass is 9.75. The summed E-state index contributed by atoms with van der Waals surface area (Å²) in [5, 5.41) is 15.5. The highest BCUT2D eigenvalue weighted by Crippen LogP contribution is 2.36. The summed E-state index contributed by atoms with van der Waals surface area (Å²) in [5.41, 5.74) is 3.01. The summed E-state index contributed by atoms with van der Waals surface area (Å²) in [7, 11) is 0. The van der Waals surface area contributed by atoms with Gasteiger partial charge in [0, 0.05) is 17.7 Å². The van der Waals surface area contributed by atoms with E-state index in [0.29, 0.717) is 36.1 Å². The molecule has 2 amide bonds. The number of aliphatic hydroxyl groups is 1. The predicted molar refractivity (Wildman–Crippen MR) is 127 cm³/mol. The van der Waals surface area contributed by atoms with Crippen molar-refractivity contribution in [3.63, 3.8) is 0 Å². The Morgan fingerprint density at radius 1 is 1.15 bits per heavy atom. The highest BCUT2D eigenvalue weighted by molar-refractivity contribution is 6.05. The number of rotatable bonds is 9. The van der Waals surface area contributed by atoms with Crippen molar-refractivity contribution < 1.29 is 19.5 Å². The van der Waals surface area contributed by atoms with E-state index >= 15 is 0 Å². The standard InChI is InChI=1S/C26H35N3O4/c1-5-6-12-18(24(32)29-20(15-30)17-10-8-7-9-11-17)28-25(33)23-16(2)22-19(27-23)13-26(3,4)14-21(22)31/h7-11,18,20,27,30H,5-6,12-15H2,1-4H3,(H,28,33)(H,29,32)/t18-,20-/m0/s1. The third kappa shape index (κ3) is 5.71. The average Bonchev–Trinajstić information content (AvgIpc) is 3.10. The van der Waals surface area contributed by atoms with Crippen LogP contribution in [-0.2, 0) is 11.2 Å². The van der Waals surface area contributed by atoms with Crippen molar-refractivity contribution in [2.45, 2.75) is 71.9 Å². The van der Waals surface area contributed by atoms with Crippen LogP contribution in [-0.4, -0.2) is 40.3 Å². The number of amides is 2. The molecule has 0 bridgehead atoms. The van der Waals surface area contributed by atoms with E-state index in [-0.39, 0.29) is 23.7 Å². The normalized spacial score (nSPS) is 16.6. The van der Waals surface area contributed by atoms with E-state index in [0.717, 1.165) is 24.1 Å². The molecule has 1 aliphatic rings. The summed E-state index contributed by atoms with van der Waals surface area (Å²) in [6, 6.07) is 7.94. The zero-order valence-corrected chi connectivity index (χ0v) is 20.0. The Kier molecular flexibility index (Phi) is 7.74. The molecular formula is C26H35N3O4.